The molecular formula is C18H23N3O. The molecule has 4 heteroatoms. The molecule has 0 aromatic carbocycles. The van der Waals surface area contributed by atoms with Gasteiger partial charge in [-0.05, 0) is 43.9 Å². The topological polar surface area (TPSA) is 39.9 Å². The summed E-state index contributed by atoms with van der Waals surface area (Å²) in [5.74, 6) is 2.05. The highest BCUT2D eigenvalue weighted by Gasteiger charge is 2.33. The normalized spacial score (nSPS) is 25.1. The van der Waals surface area contributed by atoms with Crippen molar-refractivity contribution in [1.29, 1.82) is 0 Å². The number of hydrogen-bond acceptors (Lipinski definition) is 3. The molecule has 2 fully saturated rings. The number of rotatable bonds is 5. The van der Waals surface area contributed by atoms with Crippen LogP contribution in [0.1, 0.15) is 56.2 Å². The smallest absolute Gasteiger partial charge is 0.137 e. The fourth-order valence-corrected chi connectivity index (χ4v) is 3.67. The van der Waals surface area contributed by atoms with E-state index in [4.69, 9.17) is 4.74 Å². The molecule has 4 nitrogen and oxygen atoms in total. The highest BCUT2D eigenvalue weighted by Crippen LogP contribution is 2.42. The maximum atomic E-state index is 6.00. The summed E-state index contributed by atoms with van der Waals surface area (Å²) in [6.45, 7) is 0.784. The predicted molar refractivity (Wildman–Crippen MR) is 84.9 cm³/mol. The van der Waals surface area contributed by atoms with Gasteiger partial charge in [-0.2, -0.15) is 5.10 Å². The fraction of sp³-hybridized carbons (Fsp3) is 0.556. The lowest BCUT2D eigenvalue weighted by Gasteiger charge is -2.32. The summed E-state index contributed by atoms with van der Waals surface area (Å²) in [5, 5.41) is 4.57. The van der Waals surface area contributed by atoms with E-state index in [1.807, 2.05) is 18.3 Å². The molecule has 2 aliphatic rings. The number of pyridine rings is 1. The zero-order valence-corrected chi connectivity index (χ0v) is 12.9. The molecule has 0 aliphatic heterocycles. The molecule has 2 unspecified atom stereocenters. The lowest BCUT2D eigenvalue weighted by molar-refractivity contribution is 0.181. The van der Waals surface area contributed by atoms with Gasteiger partial charge in [-0.3, -0.25) is 9.67 Å². The lowest BCUT2D eigenvalue weighted by atomic mass is 9.78. The van der Waals surface area contributed by atoms with E-state index in [1.165, 1.54) is 44.2 Å². The van der Waals surface area contributed by atoms with Gasteiger partial charge in [0.25, 0.3) is 0 Å². The van der Waals surface area contributed by atoms with Crippen molar-refractivity contribution in [3.63, 3.8) is 0 Å². The summed E-state index contributed by atoms with van der Waals surface area (Å²) in [7, 11) is 0. The third-order valence-corrected chi connectivity index (χ3v) is 4.98. The van der Waals surface area contributed by atoms with Crippen molar-refractivity contribution in [2.24, 2.45) is 5.92 Å². The van der Waals surface area contributed by atoms with Gasteiger partial charge >= 0.3 is 0 Å². The van der Waals surface area contributed by atoms with Crippen LogP contribution >= 0.6 is 0 Å². The minimum Gasteiger partial charge on any atom is -0.492 e. The van der Waals surface area contributed by atoms with Crippen LogP contribution in [0.3, 0.4) is 0 Å². The molecule has 2 heterocycles. The maximum absolute atomic E-state index is 6.00. The van der Waals surface area contributed by atoms with Crippen molar-refractivity contribution in [1.82, 2.24) is 14.8 Å². The summed E-state index contributed by atoms with van der Waals surface area (Å²) in [6, 6.07) is 6.80. The van der Waals surface area contributed by atoms with E-state index in [2.05, 4.69) is 20.8 Å². The van der Waals surface area contributed by atoms with Crippen molar-refractivity contribution in [3.8, 4) is 5.75 Å². The second kappa shape index (κ2) is 6.11. The molecule has 2 saturated carbocycles. The Kier molecular flexibility index (Phi) is 3.83. The van der Waals surface area contributed by atoms with Gasteiger partial charge in [0.05, 0.1) is 18.8 Å². The summed E-state index contributed by atoms with van der Waals surface area (Å²) in [6.07, 6.45) is 13.3. The van der Waals surface area contributed by atoms with Crippen LogP contribution < -0.4 is 4.74 Å². The van der Waals surface area contributed by atoms with Crippen molar-refractivity contribution < 1.29 is 4.74 Å². The third kappa shape index (κ3) is 2.87. The summed E-state index contributed by atoms with van der Waals surface area (Å²) < 4.78 is 8.28. The van der Waals surface area contributed by atoms with Crippen LogP contribution in [0.15, 0.2) is 36.8 Å². The van der Waals surface area contributed by atoms with E-state index >= 15 is 0 Å². The van der Waals surface area contributed by atoms with Gasteiger partial charge in [0.1, 0.15) is 5.75 Å². The van der Waals surface area contributed by atoms with Crippen molar-refractivity contribution in [3.05, 3.63) is 42.5 Å². The Hall–Kier alpha value is -1.84. The zero-order chi connectivity index (χ0) is 14.8. The maximum Gasteiger partial charge on any atom is 0.137 e. The summed E-state index contributed by atoms with van der Waals surface area (Å²) in [4.78, 5) is 4.12. The van der Waals surface area contributed by atoms with Gasteiger partial charge < -0.3 is 4.74 Å². The quantitative estimate of drug-likeness (QED) is 0.838. The summed E-state index contributed by atoms with van der Waals surface area (Å²) in [5.41, 5.74) is 1.43. The average Bonchev–Trinajstić information content (AvgIpc) is 3.31. The first kappa shape index (κ1) is 13.8. The number of ether oxygens (including phenoxy) is 1. The molecule has 116 valence electrons. The first-order valence-electron chi connectivity index (χ1n) is 8.48. The van der Waals surface area contributed by atoms with Crippen molar-refractivity contribution in [2.45, 2.75) is 50.5 Å². The molecule has 0 saturated heterocycles. The number of nitrogens with zero attached hydrogens (tertiary/aromatic N) is 3. The van der Waals surface area contributed by atoms with Gasteiger partial charge in [-0.25, -0.2) is 0 Å². The molecule has 2 aromatic heterocycles. The van der Waals surface area contributed by atoms with E-state index in [0.717, 1.165) is 12.4 Å². The van der Waals surface area contributed by atoms with E-state index in [9.17, 15) is 0 Å². The predicted octanol–water partition coefficient (Wildman–Crippen LogP) is 3.97. The minimum atomic E-state index is 0.586. The largest absolute Gasteiger partial charge is 0.492 e. The Bertz CT molecular complexity index is 606. The monoisotopic (exact) mass is 297 g/mol. The van der Waals surface area contributed by atoms with Crippen molar-refractivity contribution in [2.75, 3.05) is 6.61 Å². The number of aromatic nitrogens is 3. The molecular weight excluding hydrogens is 274 g/mol. The van der Waals surface area contributed by atoms with Gasteiger partial charge in [0.15, 0.2) is 0 Å². The van der Waals surface area contributed by atoms with Crippen LogP contribution in [0, 0.1) is 5.92 Å². The first-order valence-corrected chi connectivity index (χ1v) is 8.48. The van der Waals surface area contributed by atoms with Crippen LogP contribution in [0.4, 0.5) is 0 Å². The van der Waals surface area contributed by atoms with E-state index in [1.54, 1.807) is 12.4 Å². The van der Waals surface area contributed by atoms with Crippen molar-refractivity contribution >= 4 is 0 Å². The zero-order valence-electron chi connectivity index (χ0n) is 12.9. The van der Waals surface area contributed by atoms with E-state index in [-0.39, 0.29) is 0 Å². The van der Waals surface area contributed by atoms with Gasteiger partial charge in [0, 0.05) is 29.9 Å². The second-order valence-electron chi connectivity index (χ2n) is 6.58. The standard InChI is InChI=1S/C18H23N3O/c1-2-6-17(18-9-11-20-21(18)15-7-8-15)14(4-1)13-22-16-5-3-10-19-12-16/h3,5,9-12,14-15,17H,1-2,4,6-8,13H2. The van der Waals surface area contributed by atoms with Gasteiger partial charge in [-0.15, -0.1) is 0 Å². The summed E-state index contributed by atoms with van der Waals surface area (Å²) >= 11 is 0. The Labute approximate surface area is 131 Å². The molecule has 0 spiro atoms. The lowest BCUT2D eigenvalue weighted by Crippen LogP contribution is -2.26. The Balaban J connectivity index is 1.48. The molecule has 22 heavy (non-hydrogen) atoms. The second-order valence-corrected chi connectivity index (χ2v) is 6.58. The molecule has 0 bridgehead atoms. The Morgan fingerprint density at radius 3 is 2.82 bits per heavy atom. The van der Waals surface area contributed by atoms with Crippen LogP contribution in [0.25, 0.3) is 0 Å². The highest BCUT2D eigenvalue weighted by molar-refractivity contribution is 5.16. The average molecular weight is 297 g/mol. The third-order valence-electron chi connectivity index (χ3n) is 4.98. The molecule has 4 rings (SSSR count). The highest BCUT2D eigenvalue weighted by atomic mass is 16.5. The Morgan fingerprint density at radius 2 is 2.00 bits per heavy atom. The van der Waals surface area contributed by atoms with E-state index < -0.39 is 0 Å². The first-order chi connectivity index (χ1) is 10.9. The van der Waals surface area contributed by atoms with Gasteiger partial charge in [-0.1, -0.05) is 12.8 Å². The Morgan fingerprint density at radius 1 is 1.09 bits per heavy atom. The van der Waals surface area contributed by atoms with Crippen LogP contribution in [0.5, 0.6) is 5.75 Å². The number of hydrogen-bond donors (Lipinski definition) is 0. The molecule has 2 aromatic rings. The fourth-order valence-electron chi connectivity index (χ4n) is 3.67. The van der Waals surface area contributed by atoms with Crippen LogP contribution in [0.2, 0.25) is 0 Å². The van der Waals surface area contributed by atoms with Crippen LogP contribution in [-0.2, 0) is 0 Å². The SMILES string of the molecule is c1cncc(OCC2CCCCC2c2ccnn2C2CC2)c1. The molecule has 0 radical (unpaired) electrons. The molecule has 2 aliphatic carbocycles. The van der Waals surface area contributed by atoms with Gasteiger partial charge in [0.2, 0.25) is 0 Å². The molecule has 2 atom stereocenters. The van der Waals surface area contributed by atoms with Crippen LogP contribution in [-0.4, -0.2) is 21.4 Å². The minimum absolute atomic E-state index is 0.586. The molecule has 0 N–H and O–H groups in total. The molecule has 0 amide bonds. The van der Waals surface area contributed by atoms with E-state index in [0.29, 0.717) is 17.9 Å².